The van der Waals surface area contributed by atoms with Gasteiger partial charge in [0.1, 0.15) is 0 Å². The Labute approximate surface area is 123 Å². The number of nitriles is 1. The van der Waals surface area contributed by atoms with Crippen LogP contribution in [0.3, 0.4) is 0 Å². The Morgan fingerprint density at radius 1 is 1.53 bits per heavy atom. The van der Waals surface area contributed by atoms with E-state index < -0.39 is 0 Å². The standard InChI is InChI=1S/C15H19BrN2O/c1-11(13-4-5-13)18(7-8-19-2)15-6-3-12(10-17)9-14(15)16/h3,6,9,11,13H,4-5,7-8H2,1-2H3. The SMILES string of the molecule is COCCN(c1ccc(C#N)cc1Br)C(C)C1CC1. The molecule has 1 atom stereocenters. The number of nitrogens with zero attached hydrogens (tertiary/aromatic N) is 2. The highest BCUT2D eigenvalue weighted by molar-refractivity contribution is 9.10. The second-order valence-electron chi connectivity index (χ2n) is 5.04. The highest BCUT2D eigenvalue weighted by Crippen LogP contribution is 2.38. The highest BCUT2D eigenvalue weighted by atomic mass is 79.9. The van der Waals surface area contributed by atoms with Gasteiger partial charge in [-0.1, -0.05) is 0 Å². The third kappa shape index (κ3) is 3.49. The van der Waals surface area contributed by atoms with Crippen molar-refractivity contribution in [1.29, 1.82) is 5.26 Å². The molecule has 2 rings (SSSR count). The van der Waals surface area contributed by atoms with E-state index in [1.54, 1.807) is 7.11 Å². The van der Waals surface area contributed by atoms with Gasteiger partial charge in [-0.25, -0.2) is 0 Å². The molecule has 0 aliphatic heterocycles. The quantitative estimate of drug-likeness (QED) is 0.803. The lowest BCUT2D eigenvalue weighted by atomic mass is 10.1. The molecular formula is C15H19BrN2O. The average Bonchev–Trinajstić information content (AvgIpc) is 3.24. The summed E-state index contributed by atoms with van der Waals surface area (Å²) in [5, 5.41) is 8.94. The Balaban J connectivity index is 2.23. The van der Waals surface area contributed by atoms with Gasteiger partial charge < -0.3 is 9.64 Å². The first kappa shape index (κ1) is 14.4. The number of benzene rings is 1. The Morgan fingerprint density at radius 3 is 2.79 bits per heavy atom. The Hall–Kier alpha value is -1.05. The van der Waals surface area contributed by atoms with Crippen molar-refractivity contribution in [3.05, 3.63) is 28.2 Å². The van der Waals surface area contributed by atoms with Gasteiger partial charge in [0.2, 0.25) is 0 Å². The Kier molecular flexibility index (Phi) is 4.84. The molecule has 1 aliphatic carbocycles. The Morgan fingerprint density at radius 2 is 2.26 bits per heavy atom. The molecule has 19 heavy (non-hydrogen) atoms. The number of rotatable bonds is 6. The summed E-state index contributed by atoms with van der Waals surface area (Å²) in [6.07, 6.45) is 2.64. The monoisotopic (exact) mass is 322 g/mol. The fourth-order valence-corrected chi connectivity index (χ4v) is 2.98. The molecular weight excluding hydrogens is 304 g/mol. The molecule has 0 aromatic heterocycles. The van der Waals surface area contributed by atoms with Gasteiger partial charge in [-0.2, -0.15) is 5.26 Å². The molecule has 1 aromatic carbocycles. The van der Waals surface area contributed by atoms with Crippen molar-refractivity contribution in [3.8, 4) is 6.07 Å². The zero-order chi connectivity index (χ0) is 13.8. The molecule has 1 fully saturated rings. The van der Waals surface area contributed by atoms with E-state index in [-0.39, 0.29) is 0 Å². The maximum Gasteiger partial charge on any atom is 0.0992 e. The van der Waals surface area contributed by atoms with Crippen LogP contribution >= 0.6 is 15.9 Å². The third-order valence-electron chi connectivity index (χ3n) is 3.72. The first-order valence-corrected chi connectivity index (χ1v) is 7.42. The molecule has 3 nitrogen and oxygen atoms in total. The summed E-state index contributed by atoms with van der Waals surface area (Å²) in [5.41, 5.74) is 1.83. The predicted octanol–water partition coefficient (Wildman–Crippen LogP) is 3.57. The molecule has 102 valence electrons. The van der Waals surface area contributed by atoms with Gasteiger partial charge in [-0.05, 0) is 59.8 Å². The minimum atomic E-state index is 0.513. The van der Waals surface area contributed by atoms with Gasteiger partial charge in [0, 0.05) is 24.2 Å². The van der Waals surface area contributed by atoms with Crippen LogP contribution in [0.4, 0.5) is 5.69 Å². The van der Waals surface area contributed by atoms with Crippen molar-refractivity contribution in [3.63, 3.8) is 0 Å². The number of hydrogen-bond acceptors (Lipinski definition) is 3. The van der Waals surface area contributed by atoms with Crippen molar-refractivity contribution >= 4 is 21.6 Å². The average molecular weight is 323 g/mol. The molecule has 0 heterocycles. The van der Waals surface area contributed by atoms with E-state index in [4.69, 9.17) is 10.00 Å². The van der Waals surface area contributed by atoms with Crippen LogP contribution in [0.15, 0.2) is 22.7 Å². The van der Waals surface area contributed by atoms with Gasteiger partial charge in [-0.3, -0.25) is 0 Å². The second kappa shape index (κ2) is 6.40. The van der Waals surface area contributed by atoms with E-state index in [2.05, 4.69) is 33.8 Å². The molecule has 0 saturated heterocycles. The Bertz CT molecular complexity index is 480. The van der Waals surface area contributed by atoms with Crippen LogP contribution in [0.25, 0.3) is 0 Å². The van der Waals surface area contributed by atoms with Crippen LogP contribution in [0.5, 0.6) is 0 Å². The van der Waals surface area contributed by atoms with Crippen molar-refractivity contribution in [2.75, 3.05) is 25.2 Å². The van der Waals surface area contributed by atoms with E-state index in [9.17, 15) is 0 Å². The number of anilines is 1. The lowest BCUT2D eigenvalue weighted by Gasteiger charge is -2.32. The first-order valence-electron chi connectivity index (χ1n) is 6.62. The van der Waals surface area contributed by atoms with E-state index in [1.807, 2.05) is 18.2 Å². The predicted molar refractivity (Wildman–Crippen MR) is 80.3 cm³/mol. The molecule has 0 N–H and O–H groups in total. The lowest BCUT2D eigenvalue weighted by Crippen LogP contribution is -2.37. The molecule has 0 bridgehead atoms. The van der Waals surface area contributed by atoms with Crippen LogP contribution < -0.4 is 4.90 Å². The smallest absolute Gasteiger partial charge is 0.0992 e. The van der Waals surface area contributed by atoms with Gasteiger partial charge in [0.05, 0.1) is 23.9 Å². The van der Waals surface area contributed by atoms with Crippen LogP contribution in [-0.4, -0.2) is 26.3 Å². The maximum atomic E-state index is 8.94. The maximum absolute atomic E-state index is 8.94. The van der Waals surface area contributed by atoms with E-state index in [0.29, 0.717) is 18.2 Å². The van der Waals surface area contributed by atoms with Crippen molar-refractivity contribution in [2.45, 2.75) is 25.8 Å². The summed E-state index contributed by atoms with van der Waals surface area (Å²) < 4.78 is 6.20. The zero-order valence-electron chi connectivity index (χ0n) is 11.4. The molecule has 4 heteroatoms. The molecule has 0 amide bonds. The van der Waals surface area contributed by atoms with Gasteiger partial charge >= 0.3 is 0 Å². The molecule has 1 saturated carbocycles. The van der Waals surface area contributed by atoms with Crippen molar-refractivity contribution in [2.24, 2.45) is 5.92 Å². The number of hydrogen-bond donors (Lipinski definition) is 0. The summed E-state index contributed by atoms with van der Waals surface area (Å²) >= 11 is 3.58. The first-order chi connectivity index (χ1) is 9.17. The summed E-state index contributed by atoms with van der Waals surface area (Å²) in [6, 6.07) is 8.46. The van der Waals surface area contributed by atoms with Gasteiger partial charge in [-0.15, -0.1) is 0 Å². The van der Waals surface area contributed by atoms with E-state index in [1.165, 1.54) is 12.8 Å². The summed E-state index contributed by atoms with van der Waals surface area (Å²) in [5.74, 6) is 0.791. The number of ether oxygens (including phenoxy) is 1. The largest absolute Gasteiger partial charge is 0.383 e. The second-order valence-corrected chi connectivity index (χ2v) is 5.90. The molecule has 1 aromatic rings. The number of halogens is 1. The fourth-order valence-electron chi connectivity index (χ4n) is 2.38. The molecule has 1 unspecified atom stereocenters. The fraction of sp³-hybridized carbons (Fsp3) is 0.533. The van der Waals surface area contributed by atoms with E-state index in [0.717, 1.165) is 22.6 Å². The van der Waals surface area contributed by atoms with Gasteiger partial charge in [0.15, 0.2) is 0 Å². The molecule has 1 aliphatic rings. The van der Waals surface area contributed by atoms with Crippen molar-refractivity contribution < 1.29 is 4.74 Å². The topological polar surface area (TPSA) is 36.3 Å². The van der Waals surface area contributed by atoms with Crippen LogP contribution in [0.1, 0.15) is 25.3 Å². The van der Waals surface area contributed by atoms with Crippen LogP contribution in [0.2, 0.25) is 0 Å². The minimum absolute atomic E-state index is 0.513. The van der Waals surface area contributed by atoms with Gasteiger partial charge in [0.25, 0.3) is 0 Å². The normalized spacial score (nSPS) is 15.9. The number of methoxy groups -OCH3 is 1. The van der Waals surface area contributed by atoms with Crippen LogP contribution in [0, 0.1) is 17.2 Å². The lowest BCUT2D eigenvalue weighted by molar-refractivity contribution is 0.202. The third-order valence-corrected chi connectivity index (χ3v) is 4.35. The van der Waals surface area contributed by atoms with Crippen molar-refractivity contribution in [1.82, 2.24) is 0 Å². The summed E-state index contributed by atoms with van der Waals surface area (Å²) in [4.78, 5) is 2.38. The minimum Gasteiger partial charge on any atom is -0.383 e. The summed E-state index contributed by atoms with van der Waals surface area (Å²) in [7, 11) is 1.73. The van der Waals surface area contributed by atoms with E-state index >= 15 is 0 Å². The summed E-state index contributed by atoms with van der Waals surface area (Å²) in [6.45, 7) is 3.86. The molecule has 0 radical (unpaired) electrons. The highest BCUT2D eigenvalue weighted by Gasteiger charge is 2.32. The molecule has 0 spiro atoms. The van der Waals surface area contributed by atoms with Crippen LogP contribution in [-0.2, 0) is 4.74 Å². The zero-order valence-corrected chi connectivity index (χ0v) is 13.0.